The third-order valence-corrected chi connectivity index (χ3v) is 3.57. The van der Waals surface area contributed by atoms with Crippen LogP contribution in [0.3, 0.4) is 0 Å². The second kappa shape index (κ2) is 6.19. The maximum atomic E-state index is 13.1. The van der Waals surface area contributed by atoms with Gasteiger partial charge in [-0.1, -0.05) is 0 Å². The van der Waals surface area contributed by atoms with Crippen LogP contribution in [0.5, 0.6) is 0 Å². The van der Waals surface area contributed by atoms with Gasteiger partial charge in [-0.3, -0.25) is 4.79 Å². The van der Waals surface area contributed by atoms with E-state index in [1.54, 1.807) is 14.1 Å². The first-order valence-corrected chi connectivity index (χ1v) is 7.01. The molecule has 1 fully saturated rings. The summed E-state index contributed by atoms with van der Waals surface area (Å²) >= 11 is 0. The highest BCUT2D eigenvalue weighted by molar-refractivity contribution is 5.85. The molecule has 0 radical (unpaired) electrons. The third kappa shape index (κ3) is 3.63. The number of alkyl halides is 3. The van der Waals surface area contributed by atoms with Gasteiger partial charge in [0.05, 0.1) is 0 Å². The predicted octanol–water partition coefficient (Wildman–Crippen LogP) is 0.213. The average Bonchev–Trinajstić information content (AvgIpc) is 2.87. The number of aromatic nitrogens is 2. The summed E-state index contributed by atoms with van der Waals surface area (Å²) in [5.41, 5.74) is 4.82. The number of carbonyl (C=O) groups is 1. The van der Waals surface area contributed by atoms with Gasteiger partial charge in [0.25, 0.3) is 0 Å². The van der Waals surface area contributed by atoms with Crippen molar-refractivity contribution < 1.29 is 18.0 Å². The zero-order valence-electron chi connectivity index (χ0n) is 13.1. The van der Waals surface area contributed by atoms with Crippen molar-refractivity contribution in [3.05, 3.63) is 11.8 Å². The molecule has 0 aromatic carbocycles. The lowest BCUT2D eigenvalue weighted by Gasteiger charge is -2.26. The first-order valence-electron chi connectivity index (χ1n) is 7.01. The summed E-state index contributed by atoms with van der Waals surface area (Å²) < 4.78 is 39.2. The molecule has 23 heavy (non-hydrogen) atoms. The SMILES string of the molecule is CNC(=O)[C@@H]1C[C@@H](N)CN1c1cc(C(F)(F)F)nc(N(C)C)n1. The largest absolute Gasteiger partial charge is 0.433 e. The van der Waals surface area contributed by atoms with E-state index in [9.17, 15) is 18.0 Å². The fraction of sp³-hybridized carbons (Fsp3) is 0.615. The van der Waals surface area contributed by atoms with E-state index < -0.39 is 17.9 Å². The van der Waals surface area contributed by atoms with Gasteiger partial charge in [0.1, 0.15) is 11.9 Å². The molecular weight excluding hydrogens is 313 g/mol. The zero-order chi connectivity index (χ0) is 17.4. The second-order valence-electron chi connectivity index (χ2n) is 5.58. The van der Waals surface area contributed by atoms with Gasteiger partial charge in [-0.05, 0) is 6.42 Å². The summed E-state index contributed by atoms with van der Waals surface area (Å²) in [6, 6.07) is -0.119. The van der Waals surface area contributed by atoms with Gasteiger partial charge < -0.3 is 20.9 Å². The number of nitrogens with one attached hydrogen (secondary N) is 1. The molecule has 1 aromatic rings. The van der Waals surface area contributed by atoms with Crippen LogP contribution in [-0.2, 0) is 11.0 Å². The Balaban J connectivity index is 2.48. The van der Waals surface area contributed by atoms with Gasteiger partial charge >= 0.3 is 6.18 Å². The van der Waals surface area contributed by atoms with Crippen molar-refractivity contribution in [2.45, 2.75) is 24.7 Å². The van der Waals surface area contributed by atoms with Crippen LogP contribution >= 0.6 is 0 Å². The average molecular weight is 332 g/mol. The van der Waals surface area contributed by atoms with Crippen molar-refractivity contribution in [3.63, 3.8) is 0 Å². The van der Waals surface area contributed by atoms with Crippen LogP contribution in [0, 0.1) is 0 Å². The Morgan fingerprint density at radius 1 is 1.43 bits per heavy atom. The van der Waals surface area contributed by atoms with Crippen LogP contribution in [0.2, 0.25) is 0 Å². The summed E-state index contributed by atoms with van der Waals surface area (Å²) in [5, 5.41) is 2.50. The lowest BCUT2D eigenvalue weighted by atomic mass is 10.1. The highest BCUT2D eigenvalue weighted by Crippen LogP contribution is 2.33. The highest BCUT2D eigenvalue weighted by Gasteiger charge is 2.39. The number of nitrogens with two attached hydrogens (primary N) is 1. The molecule has 0 spiro atoms. The number of hydrogen-bond acceptors (Lipinski definition) is 6. The Bertz CT molecular complexity index is 592. The van der Waals surface area contributed by atoms with Crippen molar-refractivity contribution in [1.29, 1.82) is 0 Å². The van der Waals surface area contributed by atoms with Crippen molar-refractivity contribution >= 4 is 17.7 Å². The predicted molar refractivity (Wildman–Crippen MR) is 79.2 cm³/mol. The number of rotatable bonds is 3. The molecule has 0 aliphatic carbocycles. The van der Waals surface area contributed by atoms with Gasteiger partial charge in [0.2, 0.25) is 11.9 Å². The van der Waals surface area contributed by atoms with Gasteiger partial charge in [-0.15, -0.1) is 0 Å². The maximum absolute atomic E-state index is 13.1. The van der Waals surface area contributed by atoms with Crippen LogP contribution in [-0.4, -0.2) is 55.6 Å². The lowest BCUT2D eigenvalue weighted by molar-refractivity contribution is -0.141. The molecule has 2 atom stereocenters. The Hall–Kier alpha value is -2.10. The minimum absolute atomic E-state index is 0.0394. The van der Waals surface area contributed by atoms with Crippen LogP contribution in [0.1, 0.15) is 12.1 Å². The molecule has 1 aliphatic heterocycles. The summed E-state index contributed by atoms with van der Waals surface area (Å²) in [5.74, 6) is -0.347. The van der Waals surface area contributed by atoms with E-state index in [1.165, 1.54) is 16.8 Å². The Morgan fingerprint density at radius 3 is 2.61 bits per heavy atom. The fourth-order valence-electron chi connectivity index (χ4n) is 2.45. The van der Waals surface area contributed by atoms with Crippen molar-refractivity contribution in [2.24, 2.45) is 5.73 Å². The summed E-state index contributed by atoms with van der Waals surface area (Å²) in [6.45, 7) is 0.249. The monoisotopic (exact) mass is 332 g/mol. The number of carbonyl (C=O) groups excluding carboxylic acids is 1. The molecule has 10 heteroatoms. The molecule has 2 heterocycles. The fourth-order valence-corrected chi connectivity index (χ4v) is 2.45. The molecule has 1 aliphatic rings. The van der Waals surface area contributed by atoms with E-state index in [0.29, 0.717) is 6.42 Å². The summed E-state index contributed by atoms with van der Waals surface area (Å²) in [4.78, 5) is 22.5. The first kappa shape index (κ1) is 17.3. The van der Waals surface area contributed by atoms with Crippen molar-refractivity contribution in [3.8, 4) is 0 Å². The van der Waals surface area contributed by atoms with Gasteiger partial charge in [0.15, 0.2) is 5.69 Å². The number of halogens is 3. The Kier molecular flexibility index (Phi) is 4.64. The molecule has 0 unspecified atom stereocenters. The molecule has 128 valence electrons. The number of likely N-dealkylation sites (N-methyl/N-ethyl adjacent to an activating group) is 1. The van der Waals surface area contributed by atoms with Crippen molar-refractivity contribution in [2.75, 3.05) is 37.5 Å². The van der Waals surface area contributed by atoms with Crippen LogP contribution < -0.4 is 20.9 Å². The van der Waals surface area contributed by atoms with Crippen LogP contribution in [0.4, 0.5) is 24.9 Å². The minimum atomic E-state index is -4.60. The van der Waals surface area contributed by atoms with E-state index in [4.69, 9.17) is 5.73 Å². The quantitative estimate of drug-likeness (QED) is 0.823. The normalized spacial score (nSPS) is 21.4. The topological polar surface area (TPSA) is 87.4 Å². The second-order valence-corrected chi connectivity index (χ2v) is 5.58. The molecule has 1 saturated heterocycles. The minimum Gasteiger partial charge on any atom is -0.357 e. The zero-order valence-corrected chi connectivity index (χ0v) is 13.1. The highest BCUT2D eigenvalue weighted by atomic mass is 19.4. The van der Waals surface area contributed by atoms with E-state index in [2.05, 4.69) is 15.3 Å². The molecule has 3 N–H and O–H groups in total. The number of amides is 1. The van der Waals surface area contributed by atoms with E-state index in [0.717, 1.165) is 6.07 Å². The molecule has 0 bridgehead atoms. The molecule has 1 aromatic heterocycles. The summed E-state index contributed by atoms with van der Waals surface area (Å²) in [7, 11) is 4.56. The standard InChI is InChI=1S/C13H19F3N6O/c1-18-11(23)8-4-7(17)6-22(8)10-5-9(13(14,15)16)19-12(20-10)21(2)3/h5,7-8H,4,6,17H2,1-3H3,(H,18,23)/t7-,8+/m1/s1. The summed E-state index contributed by atoms with van der Waals surface area (Å²) in [6.07, 6.45) is -4.25. The Labute approximate surface area is 131 Å². The van der Waals surface area contributed by atoms with Crippen molar-refractivity contribution in [1.82, 2.24) is 15.3 Å². The van der Waals surface area contributed by atoms with Gasteiger partial charge in [0, 0.05) is 39.8 Å². The van der Waals surface area contributed by atoms with Gasteiger partial charge in [-0.25, -0.2) is 4.98 Å². The van der Waals surface area contributed by atoms with E-state index >= 15 is 0 Å². The lowest BCUT2D eigenvalue weighted by Crippen LogP contribution is -2.42. The maximum Gasteiger partial charge on any atom is 0.433 e. The molecule has 2 rings (SSSR count). The smallest absolute Gasteiger partial charge is 0.357 e. The Morgan fingerprint density at radius 2 is 2.09 bits per heavy atom. The molecular formula is C13H19F3N6O. The van der Waals surface area contributed by atoms with E-state index in [-0.39, 0.29) is 30.3 Å². The van der Waals surface area contributed by atoms with Gasteiger partial charge in [-0.2, -0.15) is 18.2 Å². The van der Waals surface area contributed by atoms with Crippen LogP contribution in [0.25, 0.3) is 0 Å². The molecule has 0 saturated carbocycles. The molecule has 7 nitrogen and oxygen atoms in total. The number of anilines is 2. The first-order chi connectivity index (χ1) is 10.6. The van der Waals surface area contributed by atoms with E-state index in [1.807, 2.05) is 0 Å². The molecule has 1 amide bonds. The third-order valence-electron chi connectivity index (χ3n) is 3.57. The van der Waals surface area contributed by atoms with Crippen LogP contribution in [0.15, 0.2) is 6.07 Å². The number of hydrogen-bond donors (Lipinski definition) is 2. The number of nitrogens with zero attached hydrogens (tertiary/aromatic N) is 4.